The molecule has 3 heterocycles. The molecule has 0 unspecified atom stereocenters. The zero-order valence-corrected chi connectivity index (χ0v) is 32.8. The van der Waals surface area contributed by atoms with Crippen molar-refractivity contribution in [2.75, 3.05) is 4.90 Å². The first-order valence-electron chi connectivity index (χ1n) is 19.9. The van der Waals surface area contributed by atoms with Crippen molar-refractivity contribution in [3.8, 4) is 39.3 Å². The van der Waals surface area contributed by atoms with E-state index in [9.17, 15) is 0 Å². The molecular formula is C54H42N4. The quantitative estimate of drug-likeness (QED) is 0.163. The van der Waals surface area contributed by atoms with Gasteiger partial charge in [0, 0.05) is 62.4 Å². The van der Waals surface area contributed by atoms with E-state index in [1.807, 2.05) is 6.20 Å². The van der Waals surface area contributed by atoms with Crippen molar-refractivity contribution in [1.82, 2.24) is 14.5 Å². The third kappa shape index (κ3) is 6.39. The van der Waals surface area contributed by atoms with Crippen LogP contribution in [0.4, 0.5) is 17.1 Å². The maximum atomic E-state index is 5.16. The number of hydrogen-bond acceptors (Lipinski definition) is 3. The first-order chi connectivity index (χ1) is 28.4. The van der Waals surface area contributed by atoms with Gasteiger partial charge in [-0.3, -0.25) is 9.97 Å². The van der Waals surface area contributed by atoms with Gasteiger partial charge in [-0.2, -0.15) is 0 Å². The van der Waals surface area contributed by atoms with E-state index in [0.29, 0.717) is 0 Å². The van der Waals surface area contributed by atoms with Gasteiger partial charge in [0.15, 0.2) is 0 Å². The second-order valence-corrected chi connectivity index (χ2v) is 16.0. The molecule has 0 saturated carbocycles. The Morgan fingerprint density at radius 2 is 1.10 bits per heavy atom. The van der Waals surface area contributed by atoms with Crippen molar-refractivity contribution < 1.29 is 0 Å². The minimum absolute atomic E-state index is 0.00559. The third-order valence-electron chi connectivity index (χ3n) is 11.2. The van der Waals surface area contributed by atoms with Crippen LogP contribution in [0, 0.1) is 0 Å². The molecule has 10 rings (SSSR count). The van der Waals surface area contributed by atoms with Gasteiger partial charge in [0.05, 0.1) is 22.4 Å². The molecule has 7 aromatic carbocycles. The Labute approximate surface area is 339 Å². The predicted molar refractivity (Wildman–Crippen MR) is 244 cm³/mol. The Kier molecular flexibility index (Phi) is 8.68. The highest BCUT2D eigenvalue weighted by molar-refractivity contribution is 6.18. The zero-order chi connectivity index (χ0) is 39.2. The first-order valence-corrected chi connectivity index (χ1v) is 19.9. The molecule has 4 nitrogen and oxygen atoms in total. The van der Waals surface area contributed by atoms with Crippen molar-refractivity contribution in [2.24, 2.45) is 0 Å². The maximum absolute atomic E-state index is 5.16. The monoisotopic (exact) mass is 746 g/mol. The van der Waals surface area contributed by atoms with Crippen molar-refractivity contribution in [2.45, 2.75) is 26.2 Å². The number of rotatable bonds is 7. The molecular weight excluding hydrogens is 705 g/mol. The molecule has 0 spiro atoms. The van der Waals surface area contributed by atoms with Crippen LogP contribution in [0.15, 0.2) is 200 Å². The van der Waals surface area contributed by atoms with E-state index in [4.69, 9.17) is 9.97 Å². The van der Waals surface area contributed by atoms with Crippen molar-refractivity contribution in [3.63, 3.8) is 0 Å². The fourth-order valence-corrected chi connectivity index (χ4v) is 8.24. The highest BCUT2D eigenvalue weighted by Gasteiger charge is 2.20. The minimum atomic E-state index is -0.00559. The van der Waals surface area contributed by atoms with Crippen LogP contribution in [0.25, 0.3) is 71.9 Å². The van der Waals surface area contributed by atoms with Gasteiger partial charge in [-0.25, -0.2) is 0 Å². The molecule has 58 heavy (non-hydrogen) atoms. The van der Waals surface area contributed by atoms with Crippen LogP contribution in [-0.2, 0) is 5.41 Å². The molecule has 3 aromatic heterocycles. The summed E-state index contributed by atoms with van der Waals surface area (Å²) >= 11 is 0. The Bertz CT molecular complexity index is 3090. The number of pyridine rings is 2. The smallest absolute Gasteiger partial charge is 0.0724 e. The van der Waals surface area contributed by atoms with Gasteiger partial charge in [-0.05, 0) is 100 Å². The molecule has 0 atom stereocenters. The van der Waals surface area contributed by atoms with Crippen molar-refractivity contribution >= 4 is 49.6 Å². The highest BCUT2D eigenvalue weighted by Crippen LogP contribution is 2.42. The number of nitrogens with zero attached hydrogens (tertiary/aromatic N) is 4. The lowest BCUT2D eigenvalue weighted by molar-refractivity contribution is 0.589. The lowest BCUT2D eigenvalue weighted by Gasteiger charge is -2.27. The summed E-state index contributed by atoms with van der Waals surface area (Å²) in [5.74, 6) is 0. The fraction of sp³-hybridized carbons (Fsp3) is 0.0741. The summed E-state index contributed by atoms with van der Waals surface area (Å²) in [7, 11) is 0. The van der Waals surface area contributed by atoms with Crippen LogP contribution in [0.5, 0.6) is 0 Å². The Morgan fingerprint density at radius 1 is 0.448 bits per heavy atom. The van der Waals surface area contributed by atoms with Crippen LogP contribution in [0.2, 0.25) is 0 Å². The molecule has 278 valence electrons. The average Bonchev–Trinajstić information content (AvgIpc) is 3.61. The number of aromatic nitrogens is 3. The molecule has 4 heteroatoms. The largest absolute Gasteiger partial charge is 0.310 e. The Balaban J connectivity index is 1.16. The summed E-state index contributed by atoms with van der Waals surface area (Å²) in [6, 6.07) is 67.2. The van der Waals surface area contributed by atoms with Gasteiger partial charge in [0.1, 0.15) is 0 Å². The highest BCUT2D eigenvalue weighted by atomic mass is 15.1. The number of hydrogen-bond donors (Lipinski definition) is 0. The Hall–Kier alpha value is -7.30. The summed E-state index contributed by atoms with van der Waals surface area (Å²) in [5, 5.41) is 4.76. The minimum Gasteiger partial charge on any atom is -0.310 e. The summed E-state index contributed by atoms with van der Waals surface area (Å²) in [6.45, 7) is 6.74. The van der Waals surface area contributed by atoms with Gasteiger partial charge in [-0.15, -0.1) is 0 Å². The second-order valence-electron chi connectivity index (χ2n) is 16.0. The maximum Gasteiger partial charge on any atom is 0.0724 e. The lowest BCUT2D eigenvalue weighted by atomic mass is 9.86. The number of benzene rings is 7. The van der Waals surface area contributed by atoms with Gasteiger partial charge < -0.3 is 9.47 Å². The van der Waals surface area contributed by atoms with Gasteiger partial charge >= 0.3 is 0 Å². The number of para-hydroxylation sites is 2. The van der Waals surface area contributed by atoms with E-state index in [0.717, 1.165) is 67.3 Å². The summed E-state index contributed by atoms with van der Waals surface area (Å²) in [4.78, 5) is 12.4. The van der Waals surface area contributed by atoms with Crippen molar-refractivity contribution in [1.29, 1.82) is 0 Å². The summed E-state index contributed by atoms with van der Waals surface area (Å²) in [5.41, 5.74) is 14.1. The van der Waals surface area contributed by atoms with Crippen LogP contribution in [0.3, 0.4) is 0 Å². The van der Waals surface area contributed by atoms with E-state index < -0.39 is 0 Å². The van der Waals surface area contributed by atoms with Crippen LogP contribution < -0.4 is 4.90 Å². The van der Waals surface area contributed by atoms with Crippen LogP contribution in [0.1, 0.15) is 26.3 Å². The van der Waals surface area contributed by atoms with E-state index >= 15 is 0 Å². The molecule has 0 aliphatic rings. The van der Waals surface area contributed by atoms with Gasteiger partial charge in [-0.1, -0.05) is 136 Å². The zero-order valence-electron chi connectivity index (χ0n) is 32.8. The standard InChI is InChI=1S/C54H42N4/c1-54(2,3)42-28-29-55-50(34-42)41-30-40(37-16-7-4-8-17-37)32-46(33-41)57(43-20-9-5-10-21-43)45-24-15-19-39(31-45)51-35-52-49(36-56-51)48-27-26-38-18-13-14-25-47(38)53(48)58(52)44-22-11-6-12-23-44/h4-36H,1-3H3. The van der Waals surface area contributed by atoms with Crippen LogP contribution in [-0.4, -0.2) is 14.5 Å². The van der Waals surface area contributed by atoms with E-state index in [1.165, 1.54) is 27.2 Å². The molecule has 0 saturated heterocycles. The molecule has 0 bridgehead atoms. The molecule has 0 radical (unpaired) electrons. The Morgan fingerprint density at radius 3 is 1.90 bits per heavy atom. The molecule has 0 fully saturated rings. The molecule has 0 N–H and O–H groups in total. The summed E-state index contributed by atoms with van der Waals surface area (Å²) in [6.07, 6.45) is 3.99. The molecule has 0 aliphatic carbocycles. The first kappa shape index (κ1) is 35.1. The molecule has 0 amide bonds. The SMILES string of the molecule is CC(C)(C)c1ccnc(-c2cc(-c3ccccc3)cc(N(c3ccccc3)c3cccc(-c4cc5c(cn4)c4ccc6ccccc6c4n5-c4ccccc4)c3)c2)c1. The molecule has 0 aliphatic heterocycles. The van der Waals surface area contributed by atoms with Gasteiger partial charge in [0.25, 0.3) is 0 Å². The number of anilines is 3. The van der Waals surface area contributed by atoms with Gasteiger partial charge in [0.2, 0.25) is 0 Å². The topological polar surface area (TPSA) is 34.0 Å². The fourth-order valence-electron chi connectivity index (χ4n) is 8.24. The second kappa shape index (κ2) is 14.3. The van der Waals surface area contributed by atoms with E-state index in [-0.39, 0.29) is 5.41 Å². The average molecular weight is 747 g/mol. The van der Waals surface area contributed by atoms with Crippen molar-refractivity contribution in [3.05, 3.63) is 206 Å². The normalized spacial score (nSPS) is 11.7. The third-order valence-corrected chi connectivity index (χ3v) is 11.2. The van der Waals surface area contributed by atoms with E-state index in [1.54, 1.807) is 0 Å². The summed E-state index contributed by atoms with van der Waals surface area (Å²) < 4.78 is 2.40. The predicted octanol–water partition coefficient (Wildman–Crippen LogP) is 14.5. The number of fused-ring (bicyclic) bond motifs is 5. The lowest BCUT2D eigenvalue weighted by Crippen LogP contribution is -2.12. The molecule has 10 aromatic rings. The van der Waals surface area contributed by atoms with Crippen LogP contribution >= 0.6 is 0 Å². The van der Waals surface area contributed by atoms with E-state index in [2.05, 4.69) is 224 Å².